The van der Waals surface area contributed by atoms with Crippen molar-refractivity contribution in [2.45, 2.75) is 20.4 Å². The summed E-state index contributed by atoms with van der Waals surface area (Å²) in [5.41, 5.74) is 7.35. The third-order valence-electron chi connectivity index (χ3n) is 3.97. The van der Waals surface area contributed by atoms with Crippen LogP contribution in [0.3, 0.4) is 0 Å². The summed E-state index contributed by atoms with van der Waals surface area (Å²) < 4.78 is 35.3. The van der Waals surface area contributed by atoms with Gasteiger partial charge in [-0.2, -0.15) is 5.10 Å². The molecule has 0 radical (unpaired) electrons. The molecule has 0 aliphatic rings. The number of fused-ring (bicyclic) bond motifs is 1. The molecule has 0 saturated carbocycles. The van der Waals surface area contributed by atoms with Crippen LogP contribution in [0, 0.1) is 24.0 Å². The Bertz CT molecular complexity index is 948. The number of nitrogens with zero attached hydrogens (tertiary/aromatic N) is 2. The van der Waals surface area contributed by atoms with E-state index in [9.17, 15) is 8.78 Å². The second-order valence-corrected chi connectivity index (χ2v) is 5.69. The van der Waals surface area contributed by atoms with Crippen LogP contribution in [-0.2, 0) is 6.54 Å². The first-order chi connectivity index (χ1) is 11.9. The summed E-state index contributed by atoms with van der Waals surface area (Å²) in [6, 6.07) is 7.80. The number of nitrogen functional groups attached to an aromatic ring is 1. The fraction of sp³-hybridized carbons (Fsp3) is 0.222. The van der Waals surface area contributed by atoms with Crippen LogP contribution >= 0.6 is 12.4 Å². The molecule has 1 heterocycles. The zero-order valence-electron chi connectivity index (χ0n) is 14.3. The Hall–Kier alpha value is -2.67. The first-order valence-electron chi connectivity index (χ1n) is 7.83. The van der Waals surface area contributed by atoms with Crippen molar-refractivity contribution < 1.29 is 13.5 Å². The molecule has 5 nitrogen and oxygen atoms in total. The number of hydrogen-bond donors (Lipinski definition) is 2. The predicted octanol–water partition coefficient (Wildman–Crippen LogP) is 3.78. The van der Waals surface area contributed by atoms with Gasteiger partial charge in [-0.25, -0.2) is 8.78 Å². The van der Waals surface area contributed by atoms with Crippen LogP contribution in [0.25, 0.3) is 10.9 Å². The summed E-state index contributed by atoms with van der Waals surface area (Å²) in [5.74, 6) is -1.45. The van der Waals surface area contributed by atoms with Crippen LogP contribution in [0.15, 0.2) is 30.3 Å². The van der Waals surface area contributed by atoms with E-state index < -0.39 is 11.6 Å². The maximum Gasteiger partial charge on any atom is 0.144 e. The van der Waals surface area contributed by atoms with E-state index in [0.29, 0.717) is 23.2 Å². The van der Waals surface area contributed by atoms with Crippen LogP contribution in [0.1, 0.15) is 23.7 Å². The van der Waals surface area contributed by atoms with Crippen molar-refractivity contribution in [1.82, 2.24) is 9.78 Å². The highest BCUT2D eigenvalue weighted by Gasteiger charge is 2.18. The van der Waals surface area contributed by atoms with Crippen LogP contribution in [0.5, 0.6) is 5.75 Å². The fourth-order valence-electron chi connectivity index (χ4n) is 2.84. The van der Waals surface area contributed by atoms with E-state index in [2.05, 4.69) is 5.10 Å². The van der Waals surface area contributed by atoms with Gasteiger partial charge >= 0.3 is 0 Å². The largest absolute Gasteiger partial charge is 0.494 e. The molecule has 3 N–H and O–H groups in total. The molecular weight excluding hydrogens is 362 g/mol. The molecule has 26 heavy (non-hydrogen) atoms. The first-order valence-corrected chi connectivity index (χ1v) is 7.83. The standard InChI is InChI=1S/C18H18F2N4O.ClH/c1-3-25-11-7-13(19)12(14(20)8-11)9-24-15-6-4-5-10(2)16(15)17(23-24)18(21)22;/h4-8H,3,9H2,1-2H3,(H3,21,22);1H. The molecule has 0 aliphatic heterocycles. The second-order valence-electron chi connectivity index (χ2n) is 5.69. The van der Waals surface area contributed by atoms with Crippen LogP contribution in [-0.4, -0.2) is 22.2 Å². The summed E-state index contributed by atoms with van der Waals surface area (Å²) in [5, 5.41) is 12.7. The Morgan fingerprint density at radius 3 is 2.50 bits per heavy atom. The van der Waals surface area contributed by atoms with Gasteiger partial charge in [-0.1, -0.05) is 12.1 Å². The number of halogens is 3. The lowest BCUT2D eigenvalue weighted by Crippen LogP contribution is -2.14. The molecule has 2 aromatic carbocycles. The molecule has 1 aromatic heterocycles. The number of ether oxygens (including phenoxy) is 1. The quantitative estimate of drug-likeness (QED) is 0.522. The maximum absolute atomic E-state index is 14.3. The van der Waals surface area contributed by atoms with E-state index in [1.165, 1.54) is 4.68 Å². The van der Waals surface area contributed by atoms with E-state index in [0.717, 1.165) is 17.7 Å². The summed E-state index contributed by atoms with van der Waals surface area (Å²) in [4.78, 5) is 0. The molecule has 0 unspecified atom stereocenters. The molecule has 138 valence electrons. The van der Waals surface area contributed by atoms with Gasteiger partial charge in [-0.3, -0.25) is 10.1 Å². The second kappa shape index (κ2) is 7.70. The molecule has 0 saturated heterocycles. The Balaban J connectivity index is 0.00000243. The highest BCUT2D eigenvalue weighted by Crippen LogP contribution is 2.26. The maximum atomic E-state index is 14.3. The number of benzene rings is 2. The Morgan fingerprint density at radius 1 is 1.27 bits per heavy atom. The van der Waals surface area contributed by atoms with E-state index >= 15 is 0 Å². The highest BCUT2D eigenvalue weighted by atomic mass is 35.5. The molecule has 0 aliphatic carbocycles. The van der Waals surface area contributed by atoms with Crippen molar-refractivity contribution in [3.05, 3.63) is 58.8 Å². The van der Waals surface area contributed by atoms with Gasteiger partial charge in [0.25, 0.3) is 0 Å². The first kappa shape index (κ1) is 19.7. The van der Waals surface area contributed by atoms with Crippen molar-refractivity contribution >= 4 is 29.1 Å². The monoisotopic (exact) mass is 380 g/mol. The lowest BCUT2D eigenvalue weighted by molar-refractivity contribution is 0.335. The number of nitrogens with two attached hydrogens (primary N) is 1. The Kier molecular flexibility index (Phi) is 5.82. The summed E-state index contributed by atoms with van der Waals surface area (Å²) in [6.07, 6.45) is 0. The van der Waals surface area contributed by atoms with Gasteiger partial charge in [-0.15, -0.1) is 12.4 Å². The Morgan fingerprint density at radius 2 is 1.92 bits per heavy atom. The topological polar surface area (TPSA) is 76.9 Å². The minimum absolute atomic E-state index is 0. The van der Waals surface area contributed by atoms with E-state index in [-0.39, 0.29) is 36.1 Å². The SMILES string of the molecule is CCOc1cc(F)c(Cn2nc(C(=N)N)c3c(C)cccc32)c(F)c1.Cl. The van der Waals surface area contributed by atoms with Gasteiger partial charge in [0, 0.05) is 23.1 Å². The number of amidine groups is 1. The molecule has 0 atom stereocenters. The van der Waals surface area contributed by atoms with Crippen molar-refractivity contribution in [2.75, 3.05) is 6.61 Å². The summed E-state index contributed by atoms with van der Waals surface area (Å²) >= 11 is 0. The van der Waals surface area contributed by atoms with Crippen molar-refractivity contribution in [3.63, 3.8) is 0 Å². The average molecular weight is 381 g/mol. The lowest BCUT2D eigenvalue weighted by atomic mass is 10.1. The number of aromatic nitrogens is 2. The molecule has 0 fully saturated rings. The zero-order chi connectivity index (χ0) is 18.1. The smallest absolute Gasteiger partial charge is 0.144 e. The van der Waals surface area contributed by atoms with Crippen molar-refractivity contribution in [1.29, 1.82) is 5.41 Å². The Labute approximate surface area is 155 Å². The molecule has 0 bridgehead atoms. The number of nitrogens with one attached hydrogen (secondary N) is 1. The number of aryl methyl sites for hydroxylation is 1. The van der Waals surface area contributed by atoms with Gasteiger partial charge in [0.1, 0.15) is 28.9 Å². The van der Waals surface area contributed by atoms with E-state index in [4.69, 9.17) is 15.9 Å². The number of rotatable bonds is 5. The van der Waals surface area contributed by atoms with Crippen LogP contribution in [0.2, 0.25) is 0 Å². The van der Waals surface area contributed by atoms with Gasteiger partial charge < -0.3 is 10.5 Å². The zero-order valence-corrected chi connectivity index (χ0v) is 15.2. The highest BCUT2D eigenvalue weighted by molar-refractivity contribution is 6.06. The average Bonchev–Trinajstić information content (AvgIpc) is 2.92. The molecule has 3 aromatic rings. The van der Waals surface area contributed by atoms with E-state index in [1.54, 1.807) is 13.0 Å². The van der Waals surface area contributed by atoms with Crippen LogP contribution < -0.4 is 10.5 Å². The molecule has 3 rings (SSSR count). The molecule has 8 heteroatoms. The normalized spacial score (nSPS) is 10.6. The molecular formula is C18H19ClF2N4O. The van der Waals surface area contributed by atoms with Gasteiger partial charge in [0.2, 0.25) is 0 Å². The number of hydrogen-bond acceptors (Lipinski definition) is 3. The van der Waals surface area contributed by atoms with Gasteiger partial charge in [0.15, 0.2) is 0 Å². The van der Waals surface area contributed by atoms with Crippen molar-refractivity contribution in [2.24, 2.45) is 5.73 Å². The molecule has 0 amide bonds. The minimum atomic E-state index is -0.705. The van der Waals surface area contributed by atoms with E-state index in [1.807, 2.05) is 19.1 Å². The summed E-state index contributed by atoms with van der Waals surface area (Å²) in [7, 11) is 0. The summed E-state index contributed by atoms with van der Waals surface area (Å²) in [6.45, 7) is 3.82. The lowest BCUT2D eigenvalue weighted by Gasteiger charge is -2.10. The third kappa shape index (κ3) is 3.48. The van der Waals surface area contributed by atoms with Crippen LogP contribution in [0.4, 0.5) is 8.78 Å². The van der Waals surface area contributed by atoms with Gasteiger partial charge in [-0.05, 0) is 25.5 Å². The predicted molar refractivity (Wildman–Crippen MR) is 99.4 cm³/mol. The minimum Gasteiger partial charge on any atom is -0.494 e. The fourth-order valence-corrected chi connectivity index (χ4v) is 2.84. The van der Waals surface area contributed by atoms with Gasteiger partial charge in [0.05, 0.1) is 18.7 Å². The van der Waals surface area contributed by atoms with Crippen molar-refractivity contribution in [3.8, 4) is 5.75 Å². The molecule has 0 spiro atoms. The third-order valence-corrected chi connectivity index (χ3v) is 3.97.